The van der Waals surface area contributed by atoms with Crippen molar-refractivity contribution in [3.8, 4) is 17.6 Å². The Morgan fingerprint density at radius 1 is 1.19 bits per heavy atom. The van der Waals surface area contributed by atoms with E-state index >= 15 is 0 Å². The molecule has 2 aromatic carbocycles. The molecular formula is C16H13BrN2O2. The Kier molecular flexibility index (Phi) is 3.72. The van der Waals surface area contributed by atoms with Gasteiger partial charge in [0.25, 0.3) is 0 Å². The van der Waals surface area contributed by atoms with Crippen LogP contribution in [0.3, 0.4) is 0 Å². The molecule has 106 valence electrons. The zero-order valence-electron chi connectivity index (χ0n) is 11.4. The summed E-state index contributed by atoms with van der Waals surface area (Å²) in [5, 5.41) is 12.3. The zero-order chi connectivity index (χ0) is 14.8. The van der Waals surface area contributed by atoms with Crippen LogP contribution in [0.1, 0.15) is 24.1 Å². The van der Waals surface area contributed by atoms with Crippen LogP contribution in [0.15, 0.2) is 40.9 Å². The molecule has 1 heterocycles. The number of ether oxygens (including phenoxy) is 2. The molecular weight excluding hydrogens is 332 g/mol. The first-order valence-electron chi connectivity index (χ1n) is 6.53. The molecule has 1 aliphatic rings. The topological polar surface area (TPSA) is 54.3 Å². The first-order chi connectivity index (χ1) is 10.2. The third kappa shape index (κ3) is 2.81. The molecule has 0 amide bonds. The van der Waals surface area contributed by atoms with Gasteiger partial charge in [-0.15, -0.1) is 0 Å². The van der Waals surface area contributed by atoms with E-state index < -0.39 is 0 Å². The third-order valence-electron chi connectivity index (χ3n) is 3.37. The fourth-order valence-electron chi connectivity index (χ4n) is 2.20. The second-order valence-corrected chi connectivity index (χ2v) is 5.64. The average Bonchev–Trinajstić information content (AvgIpc) is 2.96. The number of benzene rings is 2. The summed E-state index contributed by atoms with van der Waals surface area (Å²) in [5.41, 5.74) is 2.68. The minimum absolute atomic E-state index is 0.101. The number of anilines is 1. The van der Waals surface area contributed by atoms with E-state index in [0.717, 1.165) is 27.2 Å². The number of nitrogens with one attached hydrogen (secondary N) is 1. The van der Waals surface area contributed by atoms with Gasteiger partial charge in [0.1, 0.15) is 0 Å². The zero-order valence-corrected chi connectivity index (χ0v) is 13.0. The summed E-state index contributed by atoms with van der Waals surface area (Å²) >= 11 is 3.48. The van der Waals surface area contributed by atoms with Crippen LogP contribution in [0.5, 0.6) is 11.5 Å². The van der Waals surface area contributed by atoms with Crippen LogP contribution in [-0.4, -0.2) is 6.79 Å². The van der Waals surface area contributed by atoms with Crippen molar-refractivity contribution in [2.45, 2.75) is 13.0 Å². The highest BCUT2D eigenvalue weighted by Crippen LogP contribution is 2.35. The fraction of sp³-hybridized carbons (Fsp3) is 0.188. The van der Waals surface area contributed by atoms with Crippen molar-refractivity contribution < 1.29 is 9.47 Å². The quantitative estimate of drug-likeness (QED) is 0.905. The maximum atomic E-state index is 8.89. The molecule has 5 heteroatoms. The predicted octanol–water partition coefficient (Wildman–Crippen LogP) is 4.22. The smallest absolute Gasteiger partial charge is 0.231 e. The summed E-state index contributed by atoms with van der Waals surface area (Å²) in [4.78, 5) is 0. The van der Waals surface area contributed by atoms with Crippen LogP contribution in [0.2, 0.25) is 0 Å². The summed E-state index contributed by atoms with van der Waals surface area (Å²) < 4.78 is 11.6. The van der Waals surface area contributed by atoms with Gasteiger partial charge < -0.3 is 14.8 Å². The van der Waals surface area contributed by atoms with Crippen LogP contribution in [-0.2, 0) is 0 Å². The van der Waals surface area contributed by atoms with Gasteiger partial charge in [0.2, 0.25) is 6.79 Å². The lowest BCUT2D eigenvalue weighted by atomic mass is 10.1. The van der Waals surface area contributed by atoms with Crippen molar-refractivity contribution in [2.24, 2.45) is 0 Å². The van der Waals surface area contributed by atoms with Gasteiger partial charge in [-0.3, -0.25) is 0 Å². The highest BCUT2D eigenvalue weighted by atomic mass is 79.9. The van der Waals surface area contributed by atoms with Crippen molar-refractivity contribution in [3.05, 3.63) is 52.0 Å². The van der Waals surface area contributed by atoms with E-state index in [9.17, 15) is 0 Å². The normalized spacial score (nSPS) is 13.6. The maximum Gasteiger partial charge on any atom is 0.231 e. The van der Waals surface area contributed by atoms with Gasteiger partial charge in [0.05, 0.1) is 11.6 Å². The van der Waals surface area contributed by atoms with Crippen LogP contribution < -0.4 is 14.8 Å². The van der Waals surface area contributed by atoms with Crippen LogP contribution in [0, 0.1) is 11.3 Å². The standard InChI is InChI=1S/C16H13BrN2O2/c1-10(12-3-5-15-16(7-12)21-9-20-15)19-14-4-2-11(8-18)6-13(14)17/h2-7,10,19H,9H2,1H3. The highest BCUT2D eigenvalue weighted by molar-refractivity contribution is 9.10. The molecule has 0 radical (unpaired) electrons. The summed E-state index contributed by atoms with van der Waals surface area (Å²) in [6, 6.07) is 13.6. The first-order valence-corrected chi connectivity index (χ1v) is 7.32. The van der Waals surface area contributed by atoms with E-state index in [1.54, 1.807) is 12.1 Å². The van der Waals surface area contributed by atoms with Gasteiger partial charge in [-0.25, -0.2) is 0 Å². The molecule has 2 aromatic rings. The Balaban J connectivity index is 1.80. The third-order valence-corrected chi connectivity index (χ3v) is 4.02. The predicted molar refractivity (Wildman–Crippen MR) is 83.5 cm³/mol. The molecule has 0 saturated carbocycles. The van der Waals surface area contributed by atoms with Gasteiger partial charge in [0, 0.05) is 16.2 Å². The Labute approximate surface area is 131 Å². The Morgan fingerprint density at radius 3 is 2.76 bits per heavy atom. The number of fused-ring (bicyclic) bond motifs is 1. The summed E-state index contributed by atoms with van der Waals surface area (Å²) in [5.74, 6) is 1.56. The SMILES string of the molecule is CC(Nc1ccc(C#N)cc1Br)c1ccc2c(c1)OCO2. The molecule has 1 aliphatic heterocycles. The Hall–Kier alpha value is -2.19. The molecule has 1 N–H and O–H groups in total. The summed E-state index contributed by atoms with van der Waals surface area (Å²) in [7, 11) is 0. The molecule has 0 aromatic heterocycles. The number of nitriles is 1. The van der Waals surface area contributed by atoms with Gasteiger partial charge in [-0.05, 0) is 58.7 Å². The van der Waals surface area contributed by atoms with Crippen LogP contribution in [0.25, 0.3) is 0 Å². The van der Waals surface area contributed by atoms with Crippen LogP contribution in [0.4, 0.5) is 5.69 Å². The van der Waals surface area contributed by atoms with E-state index in [1.807, 2.05) is 24.3 Å². The first kappa shape index (κ1) is 13.8. The monoisotopic (exact) mass is 344 g/mol. The molecule has 0 aliphatic carbocycles. The second-order valence-electron chi connectivity index (χ2n) is 4.79. The molecule has 0 fully saturated rings. The van der Waals surface area contributed by atoms with E-state index in [4.69, 9.17) is 14.7 Å². The molecule has 0 spiro atoms. The lowest BCUT2D eigenvalue weighted by molar-refractivity contribution is 0.174. The van der Waals surface area contributed by atoms with Crippen LogP contribution >= 0.6 is 15.9 Å². The maximum absolute atomic E-state index is 8.89. The largest absolute Gasteiger partial charge is 0.454 e. The number of halogens is 1. The van der Waals surface area contributed by atoms with E-state index in [-0.39, 0.29) is 12.8 Å². The molecule has 4 nitrogen and oxygen atoms in total. The van der Waals surface area contributed by atoms with Crippen molar-refractivity contribution in [1.29, 1.82) is 5.26 Å². The van der Waals surface area contributed by atoms with Crippen molar-refractivity contribution in [3.63, 3.8) is 0 Å². The van der Waals surface area contributed by atoms with E-state index in [0.29, 0.717) is 5.56 Å². The van der Waals surface area contributed by atoms with Crippen molar-refractivity contribution in [1.82, 2.24) is 0 Å². The minimum atomic E-state index is 0.101. The molecule has 0 saturated heterocycles. The number of hydrogen-bond donors (Lipinski definition) is 1. The Bertz CT molecular complexity index is 725. The number of rotatable bonds is 3. The van der Waals surface area contributed by atoms with Gasteiger partial charge in [-0.1, -0.05) is 6.07 Å². The van der Waals surface area contributed by atoms with E-state index in [2.05, 4.69) is 34.2 Å². The highest BCUT2D eigenvalue weighted by Gasteiger charge is 2.16. The lowest BCUT2D eigenvalue weighted by Gasteiger charge is -2.17. The molecule has 3 rings (SSSR count). The fourth-order valence-corrected chi connectivity index (χ4v) is 2.69. The van der Waals surface area contributed by atoms with Gasteiger partial charge in [0.15, 0.2) is 11.5 Å². The average molecular weight is 345 g/mol. The second kappa shape index (κ2) is 5.66. The van der Waals surface area contributed by atoms with Gasteiger partial charge >= 0.3 is 0 Å². The molecule has 21 heavy (non-hydrogen) atoms. The van der Waals surface area contributed by atoms with E-state index in [1.165, 1.54) is 0 Å². The Morgan fingerprint density at radius 2 is 2.00 bits per heavy atom. The minimum Gasteiger partial charge on any atom is -0.454 e. The van der Waals surface area contributed by atoms with Crippen molar-refractivity contribution in [2.75, 3.05) is 12.1 Å². The number of hydrogen-bond acceptors (Lipinski definition) is 4. The number of nitrogens with zero attached hydrogens (tertiary/aromatic N) is 1. The van der Waals surface area contributed by atoms with Gasteiger partial charge in [-0.2, -0.15) is 5.26 Å². The molecule has 1 unspecified atom stereocenters. The summed E-state index contributed by atoms with van der Waals surface area (Å²) in [6.07, 6.45) is 0. The summed E-state index contributed by atoms with van der Waals surface area (Å²) in [6.45, 7) is 2.35. The van der Waals surface area contributed by atoms with Crippen molar-refractivity contribution >= 4 is 21.6 Å². The lowest BCUT2D eigenvalue weighted by Crippen LogP contribution is -2.07. The molecule has 0 bridgehead atoms. The molecule has 1 atom stereocenters.